The normalized spacial score (nSPS) is 17.2. The van der Waals surface area contributed by atoms with Gasteiger partial charge in [0.2, 0.25) is 0 Å². The molecule has 3 aromatic rings. The fraction of sp³-hybridized carbons (Fsp3) is 0.238. The van der Waals surface area contributed by atoms with E-state index < -0.39 is 0 Å². The largest absolute Gasteiger partial charge is 0.338 e. The van der Waals surface area contributed by atoms with Crippen molar-refractivity contribution in [2.75, 3.05) is 13.1 Å². The van der Waals surface area contributed by atoms with Crippen LogP contribution in [0.2, 0.25) is 0 Å². The molecule has 3 nitrogen and oxygen atoms in total. The summed E-state index contributed by atoms with van der Waals surface area (Å²) < 4.78 is 13.7. The molecule has 4 rings (SSSR count). The van der Waals surface area contributed by atoms with Crippen LogP contribution in [0.4, 0.5) is 4.39 Å². The number of amides is 1. The lowest BCUT2D eigenvalue weighted by Crippen LogP contribution is -2.28. The number of aromatic nitrogens is 1. The zero-order chi connectivity index (χ0) is 17.4. The average Bonchev–Trinajstić information content (AvgIpc) is 3.07. The van der Waals surface area contributed by atoms with E-state index in [-0.39, 0.29) is 11.7 Å². The Morgan fingerprint density at radius 1 is 1.16 bits per heavy atom. The van der Waals surface area contributed by atoms with E-state index in [1.54, 1.807) is 6.07 Å². The van der Waals surface area contributed by atoms with Crippen molar-refractivity contribution < 1.29 is 9.18 Å². The molecule has 1 amide bonds. The van der Waals surface area contributed by atoms with Crippen LogP contribution in [-0.4, -0.2) is 28.9 Å². The summed E-state index contributed by atoms with van der Waals surface area (Å²) in [6.07, 6.45) is 1.02. The van der Waals surface area contributed by atoms with Gasteiger partial charge in [0.1, 0.15) is 5.82 Å². The molecular weight excluding hydrogens is 315 g/mol. The number of benzene rings is 2. The molecule has 126 valence electrons. The van der Waals surface area contributed by atoms with Gasteiger partial charge in [0, 0.05) is 30.1 Å². The number of carbonyl (C=O) groups excluding carboxylic acids is 1. The second-order valence-corrected chi connectivity index (χ2v) is 6.73. The summed E-state index contributed by atoms with van der Waals surface area (Å²) in [6.45, 7) is 3.69. The highest BCUT2D eigenvalue weighted by atomic mass is 19.1. The minimum Gasteiger partial charge on any atom is -0.338 e. The van der Waals surface area contributed by atoms with Gasteiger partial charge < -0.3 is 4.90 Å². The predicted octanol–water partition coefficient (Wildman–Crippen LogP) is 4.52. The summed E-state index contributed by atoms with van der Waals surface area (Å²) >= 11 is 0. The monoisotopic (exact) mass is 334 g/mol. The summed E-state index contributed by atoms with van der Waals surface area (Å²) in [4.78, 5) is 19.5. The lowest BCUT2D eigenvalue weighted by Gasteiger charge is -2.18. The van der Waals surface area contributed by atoms with Crippen molar-refractivity contribution in [1.82, 2.24) is 9.88 Å². The average molecular weight is 334 g/mol. The van der Waals surface area contributed by atoms with Crippen LogP contribution in [0.3, 0.4) is 0 Å². The van der Waals surface area contributed by atoms with Crippen LogP contribution < -0.4 is 0 Å². The van der Waals surface area contributed by atoms with Gasteiger partial charge in [0.25, 0.3) is 5.91 Å². The van der Waals surface area contributed by atoms with Gasteiger partial charge in [-0.3, -0.25) is 4.79 Å². The second kappa shape index (κ2) is 6.28. The van der Waals surface area contributed by atoms with Gasteiger partial charge in [-0.15, -0.1) is 0 Å². The molecule has 2 heterocycles. The Kier molecular flexibility index (Phi) is 3.96. The van der Waals surface area contributed by atoms with E-state index in [4.69, 9.17) is 0 Å². The quantitative estimate of drug-likeness (QED) is 0.690. The third kappa shape index (κ3) is 3.00. The molecule has 1 fully saturated rings. The summed E-state index contributed by atoms with van der Waals surface area (Å²) in [6, 6.07) is 15.9. The van der Waals surface area contributed by atoms with Gasteiger partial charge >= 0.3 is 0 Å². The van der Waals surface area contributed by atoms with E-state index in [2.05, 4.69) is 11.9 Å². The summed E-state index contributed by atoms with van der Waals surface area (Å²) in [5.41, 5.74) is 2.71. The maximum Gasteiger partial charge on any atom is 0.254 e. The van der Waals surface area contributed by atoms with E-state index >= 15 is 0 Å². The zero-order valence-corrected chi connectivity index (χ0v) is 14.1. The highest BCUT2D eigenvalue weighted by molar-refractivity contribution is 6.07. The van der Waals surface area contributed by atoms with E-state index in [0.29, 0.717) is 28.1 Å². The van der Waals surface area contributed by atoms with Crippen LogP contribution in [-0.2, 0) is 0 Å². The molecule has 1 atom stereocenters. The highest BCUT2D eigenvalue weighted by Gasteiger charge is 2.26. The first-order valence-electron chi connectivity index (χ1n) is 8.57. The SMILES string of the molecule is CC1CCN(C(=O)c2cc(-c3ccccc3)nc3cc(F)ccc23)C1. The van der Waals surface area contributed by atoms with Crippen LogP contribution in [0, 0.1) is 11.7 Å². The Hall–Kier alpha value is -2.75. The molecule has 0 saturated carbocycles. The standard InChI is InChI=1S/C21H19FN2O/c1-14-9-10-24(13-14)21(25)18-12-19(15-5-3-2-4-6-15)23-20-11-16(22)7-8-17(18)20/h2-8,11-12,14H,9-10,13H2,1H3. The van der Waals surface area contributed by atoms with Crippen LogP contribution >= 0.6 is 0 Å². The number of likely N-dealkylation sites (tertiary alicyclic amines) is 1. The maximum absolute atomic E-state index is 13.7. The van der Waals surface area contributed by atoms with Gasteiger partial charge in [0.15, 0.2) is 0 Å². The van der Waals surface area contributed by atoms with Crippen molar-refractivity contribution in [3.8, 4) is 11.3 Å². The molecule has 0 aliphatic carbocycles. The number of hydrogen-bond donors (Lipinski definition) is 0. The molecule has 0 N–H and O–H groups in total. The first kappa shape index (κ1) is 15.8. The predicted molar refractivity (Wildman–Crippen MR) is 96.8 cm³/mol. The number of carbonyl (C=O) groups is 1. The molecule has 0 bridgehead atoms. The molecular formula is C21H19FN2O. The number of nitrogens with zero attached hydrogens (tertiary/aromatic N) is 2. The number of hydrogen-bond acceptors (Lipinski definition) is 2. The Balaban J connectivity index is 1.88. The van der Waals surface area contributed by atoms with Crippen molar-refractivity contribution in [3.05, 3.63) is 66.0 Å². The minimum atomic E-state index is -0.349. The molecule has 0 spiro atoms. The van der Waals surface area contributed by atoms with Gasteiger partial charge in [-0.1, -0.05) is 37.3 Å². The highest BCUT2D eigenvalue weighted by Crippen LogP contribution is 2.28. The van der Waals surface area contributed by atoms with Crippen molar-refractivity contribution in [1.29, 1.82) is 0 Å². The second-order valence-electron chi connectivity index (χ2n) is 6.73. The zero-order valence-electron chi connectivity index (χ0n) is 14.1. The Morgan fingerprint density at radius 3 is 2.68 bits per heavy atom. The molecule has 1 saturated heterocycles. The summed E-state index contributed by atoms with van der Waals surface area (Å²) in [5.74, 6) is 0.169. The first-order valence-corrected chi connectivity index (χ1v) is 8.57. The van der Waals surface area contributed by atoms with Crippen molar-refractivity contribution in [2.24, 2.45) is 5.92 Å². The minimum absolute atomic E-state index is 0.000499. The van der Waals surface area contributed by atoms with Crippen LogP contribution in [0.5, 0.6) is 0 Å². The number of fused-ring (bicyclic) bond motifs is 1. The number of pyridine rings is 1. The maximum atomic E-state index is 13.7. The lowest BCUT2D eigenvalue weighted by molar-refractivity contribution is 0.0790. The Labute approximate surface area is 146 Å². The van der Waals surface area contributed by atoms with E-state index in [0.717, 1.165) is 25.1 Å². The van der Waals surface area contributed by atoms with Crippen molar-refractivity contribution >= 4 is 16.8 Å². The molecule has 0 radical (unpaired) electrons. The first-order chi connectivity index (χ1) is 12.1. The van der Waals surface area contributed by atoms with Crippen molar-refractivity contribution in [3.63, 3.8) is 0 Å². The fourth-order valence-corrected chi connectivity index (χ4v) is 3.43. The van der Waals surface area contributed by atoms with E-state index in [9.17, 15) is 9.18 Å². The third-order valence-electron chi connectivity index (χ3n) is 4.78. The van der Waals surface area contributed by atoms with Gasteiger partial charge in [-0.05, 0) is 30.5 Å². The topological polar surface area (TPSA) is 33.2 Å². The lowest BCUT2D eigenvalue weighted by atomic mass is 10.0. The van der Waals surface area contributed by atoms with Crippen LogP contribution in [0.15, 0.2) is 54.6 Å². The molecule has 1 aliphatic heterocycles. The third-order valence-corrected chi connectivity index (χ3v) is 4.78. The summed E-state index contributed by atoms with van der Waals surface area (Å²) in [5, 5.41) is 0.700. The van der Waals surface area contributed by atoms with Crippen LogP contribution in [0.25, 0.3) is 22.2 Å². The van der Waals surface area contributed by atoms with E-state index in [1.165, 1.54) is 12.1 Å². The van der Waals surface area contributed by atoms with Gasteiger partial charge in [-0.2, -0.15) is 0 Å². The smallest absolute Gasteiger partial charge is 0.254 e. The van der Waals surface area contributed by atoms with E-state index in [1.807, 2.05) is 41.3 Å². The summed E-state index contributed by atoms with van der Waals surface area (Å²) in [7, 11) is 0. The fourth-order valence-electron chi connectivity index (χ4n) is 3.43. The Morgan fingerprint density at radius 2 is 1.96 bits per heavy atom. The molecule has 1 unspecified atom stereocenters. The molecule has 1 aromatic heterocycles. The molecule has 25 heavy (non-hydrogen) atoms. The molecule has 4 heteroatoms. The van der Waals surface area contributed by atoms with Gasteiger partial charge in [0.05, 0.1) is 16.8 Å². The van der Waals surface area contributed by atoms with Crippen LogP contribution in [0.1, 0.15) is 23.7 Å². The number of rotatable bonds is 2. The Bertz CT molecular complexity index is 939. The van der Waals surface area contributed by atoms with Gasteiger partial charge in [-0.25, -0.2) is 9.37 Å². The molecule has 2 aromatic carbocycles. The molecule has 1 aliphatic rings. The number of halogens is 1. The van der Waals surface area contributed by atoms with Crippen molar-refractivity contribution in [2.45, 2.75) is 13.3 Å².